The molecule has 0 spiro atoms. The van der Waals surface area contributed by atoms with E-state index in [1.54, 1.807) is 0 Å². The van der Waals surface area contributed by atoms with Gasteiger partial charge >= 0.3 is 0 Å². The van der Waals surface area contributed by atoms with Gasteiger partial charge in [0.15, 0.2) is 0 Å². The molecule has 176 valence electrons. The molecule has 1 amide bonds. The molecule has 2 heterocycles. The largest absolute Gasteiger partial charge is 0.487 e. The van der Waals surface area contributed by atoms with E-state index in [1.807, 2.05) is 35.2 Å². The molecule has 0 aromatic heterocycles. The van der Waals surface area contributed by atoms with E-state index < -0.39 is 6.10 Å². The van der Waals surface area contributed by atoms with Gasteiger partial charge in [0.2, 0.25) is 0 Å². The van der Waals surface area contributed by atoms with Crippen LogP contribution in [-0.2, 0) is 13.1 Å². The number of ether oxygens (including phenoxy) is 1. The average Bonchev–Trinajstić information content (AvgIpc) is 3.14. The Hall–Kier alpha value is -2.44. The molecule has 2 aromatic carbocycles. The van der Waals surface area contributed by atoms with Gasteiger partial charge in [0.25, 0.3) is 5.91 Å². The Labute approximate surface area is 195 Å². The van der Waals surface area contributed by atoms with Crippen LogP contribution in [0.5, 0.6) is 5.75 Å². The van der Waals surface area contributed by atoms with Crippen LogP contribution in [0.25, 0.3) is 0 Å². The predicted octanol–water partition coefficient (Wildman–Crippen LogP) is 4.38. The summed E-state index contributed by atoms with van der Waals surface area (Å²) in [6, 6.07) is 12.6. The number of benzene rings is 2. The first-order chi connectivity index (χ1) is 16.1. The van der Waals surface area contributed by atoms with Gasteiger partial charge in [0.1, 0.15) is 17.7 Å². The van der Waals surface area contributed by atoms with Gasteiger partial charge in [-0.1, -0.05) is 30.7 Å². The Morgan fingerprint density at radius 2 is 1.76 bits per heavy atom. The molecule has 0 radical (unpaired) electrons. The van der Waals surface area contributed by atoms with Gasteiger partial charge in [0.05, 0.1) is 11.7 Å². The first-order valence-electron chi connectivity index (χ1n) is 12.3. The number of fused-ring (bicyclic) bond motifs is 1. The lowest BCUT2D eigenvalue weighted by atomic mass is 9.94. The molecule has 33 heavy (non-hydrogen) atoms. The molecule has 1 N–H and O–H groups in total. The molecule has 2 fully saturated rings. The Morgan fingerprint density at radius 3 is 2.52 bits per heavy atom. The van der Waals surface area contributed by atoms with Crippen LogP contribution in [-0.4, -0.2) is 52.7 Å². The lowest BCUT2D eigenvalue weighted by molar-refractivity contribution is 0.00634. The first-order valence-corrected chi connectivity index (χ1v) is 12.3. The van der Waals surface area contributed by atoms with Crippen molar-refractivity contribution in [3.63, 3.8) is 0 Å². The van der Waals surface area contributed by atoms with Crippen molar-refractivity contribution in [2.75, 3.05) is 19.6 Å². The SMILES string of the molecule is O=C1c2c(cccc2O[C@H]2CCCC[C@@H]2O)CN1CC1CCN(Cc2ccc(F)cc2)CC1. The number of piperidine rings is 1. The maximum atomic E-state index is 13.3. The van der Waals surface area contributed by atoms with Gasteiger partial charge in [-0.2, -0.15) is 0 Å². The Morgan fingerprint density at radius 1 is 1.00 bits per heavy atom. The number of aliphatic hydroxyl groups excluding tert-OH is 1. The number of halogens is 1. The van der Waals surface area contributed by atoms with E-state index in [4.69, 9.17) is 4.74 Å². The van der Waals surface area contributed by atoms with Gasteiger partial charge in [-0.3, -0.25) is 9.69 Å². The molecule has 2 atom stereocenters. The van der Waals surface area contributed by atoms with Gasteiger partial charge in [-0.05, 0) is 80.4 Å². The van der Waals surface area contributed by atoms with Gasteiger partial charge in [-0.25, -0.2) is 4.39 Å². The number of likely N-dealkylation sites (tertiary alicyclic amines) is 1. The van der Waals surface area contributed by atoms with E-state index in [-0.39, 0.29) is 17.8 Å². The summed E-state index contributed by atoms with van der Waals surface area (Å²) in [6.07, 6.45) is 5.11. The highest BCUT2D eigenvalue weighted by Gasteiger charge is 2.34. The second kappa shape index (κ2) is 9.82. The lowest BCUT2D eigenvalue weighted by Gasteiger charge is -2.34. The highest BCUT2D eigenvalue weighted by Crippen LogP contribution is 2.34. The molecule has 2 aliphatic heterocycles. The molecule has 3 aliphatic rings. The van der Waals surface area contributed by atoms with Crippen LogP contribution >= 0.6 is 0 Å². The van der Waals surface area contributed by atoms with Crippen molar-refractivity contribution in [3.05, 3.63) is 65.0 Å². The summed E-state index contributed by atoms with van der Waals surface area (Å²) in [5.41, 5.74) is 2.84. The Bertz CT molecular complexity index is 972. The first kappa shape index (κ1) is 22.4. The maximum Gasteiger partial charge on any atom is 0.258 e. The van der Waals surface area contributed by atoms with Gasteiger partial charge in [0, 0.05) is 19.6 Å². The summed E-state index contributed by atoms with van der Waals surface area (Å²) in [5.74, 6) is 0.967. The predicted molar refractivity (Wildman–Crippen MR) is 124 cm³/mol. The molecule has 5 rings (SSSR count). The molecule has 5 nitrogen and oxygen atoms in total. The number of rotatable bonds is 6. The minimum Gasteiger partial charge on any atom is -0.487 e. The van der Waals surface area contributed by atoms with Gasteiger partial charge < -0.3 is 14.7 Å². The smallest absolute Gasteiger partial charge is 0.258 e. The number of hydrogen-bond acceptors (Lipinski definition) is 4. The maximum absolute atomic E-state index is 13.3. The fourth-order valence-corrected chi connectivity index (χ4v) is 5.50. The molecule has 2 aromatic rings. The molecular formula is C27H33FN2O3. The minimum absolute atomic E-state index is 0.0552. The third-order valence-electron chi connectivity index (χ3n) is 7.43. The van der Waals surface area contributed by atoms with Crippen LogP contribution in [0.4, 0.5) is 4.39 Å². The van der Waals surface area contributed by atoms with Crippen molar-refractivity contribution in [2.45, 2.75) is 63.8 Å². The molecular weight excluding hydrogens is 419 g/mol. The second-order valence-corrected chi connectivity index (χ2v) is 9.83. The van der Waals surface area contributed by atoms with E-state index in [9.17, 15) is 14.3 Å². The third-order valence-corrected chi connectivity index (χ3v) is 7.43. The van der Waals surface area contributed by atoms with Crippen LogP contribution in [0, 0.1) is 11.7 Å². The molecule has 1 saturated carbocycles. The monoisotopic (exact) mass is 452 g/mol. The number of nitrogens with zero attached hydrogens (tertiary/aromatic N) is 2. The van der Waals surface area contributed by atoms with Crippen molar-refractivity contribution in [1.82, 2.24) is 9.80 Å². The van der Waals surface area contributed by atoms with Crippen molar-refractivity contribution < 1.29 is 19.0 Å². The lowest BCUT2D eigenvalue weighted by Crippen LogP contribution is -2.38. The topological polar surface area (TPSA) is 53.0 Å². The summed E-state index contributed by atoms with van der Waals surface area (Å²) in [7, 11) is 0. The second-order valence-electron chi connectivity index (χ2n) is 9.83. The van der Waals surface area contributed by atoms with Gasteiger partial charge in [-0.15, -0.1) is 0 Å². The fraction of sp³-hybridized carbons (Fsp3) is 0.519. The van der Waals surface area contributed by atoms with Crippen molar-refractivity contribution in [3.8, 4) is 5.75 Å². The van der Waals surface area contributed by atoms with Crippen LogP contribution in [0.3, 0.4) is 0 Å². The quantitative estimate of drug-likeness (QED) is 0.707. The van der Waals surface area contributed by atoms with E-state index in [0.29, 0.717) is 23.8 Å². The van der Waals surface area contributed by atoms with Crippen molar-refractivity contribution >= 4 is 5.91 Å². The summed E-state index contributed by atoms with van der Waals surface area (Å²) >= 11 is 0. The fourth-order valence-electron chi connectivity index (χ4n) is 5.50. The standard InChI is InChI=1S/C27H33FN2O3/c28-22-10-8-19(9-11-22)16-29-14-12-20(13-15-29)17-30-18-21-4-3-7-25(26(21)27(30)32)33-24-6-2-1-5-23(24)31/h3-4,7-11,20,23-24,31H,1-2,5-6,12-18H2/t23-,24-/m0/s1. The average molecular weight is 453 g/mol. The van der Waals surface area contributed by atoms with E-state index >= 15 is 0 Å². The normalized spacial score (nSPS) is 24.2. The number of aliphatic hydroxyl groups is 1. The van der Waals surface area contributed by atoms with Crippen LogP contribution in [0.15, 0.2) is 42.5 Å². The number of carbonyl (C=O) groups excluding carboxylic acids is 1. The zero-order valence-corrected chi connectivity index (χ0v) is 19.1. The highest BCUT2D eigenvalue weighted by molar-refractivity contribution is 6.01. The van der Waals surface area contributed by atoms with Crippen LogP contribution in [0.2, 0.25) is 0 Å². The highest BCUT2D eigenvalue weighted by atomic mass is 19.1. The minimum atomic E-state index is -0.456. The number of hydrogen-bond donors (Lipinski definition) is 1. The number of carbonyl (C=O) groups is 1. The van der Waals surface area contributed by atoms with E-state index in [1.165, 1.54) is 12.1 Å². The molecule has 0 bridgehead atoms. The summed E-state index contributed by atoms with van der Waals surface area (Å²) in [5, 5.41) is 10.3. The summed E-state index contributed by atoms with van der Waals surface area (Å²) in [6.45, 7) is 4.22. The van der Waals surface area contributed by atoms with Crippen LogP contribution < -0.4 is 4.74 Å². The summed E-state index contributed by atoms with van der Waals surface area (Å²) in [4.78, 5) is 17.7. The molecule has 6 heteroatoms. The zero-order valence-electron chi connectivity index (χ0n) is 19.1. The van der Waals surface area contributed by atoms with E-state index in [2.05, 4.69) is 4.90 Å². The van der Waals surface area contributed by atoms with Crippen molar-refractivity contribution in [1.29, 1.82) is 0 Å². The van der Waals surface area contributed by atoms with E-state index in [0.717, 1.165) is 75.8 Å². The molecule has 0 unspecified atom stereocenters. The molecule has 1 aliphatic carbocycles. The third kappa shape index (κ3) is 5.07. The molecule has 1 saturated heterocycles. The Kier molecular flexibility index (Phi) is 6.65. The zero-order chi connectivity index (χ0) is 22.8. The van der Waals surface area contributed by atoms with Crippen LogP contribution in [0.1, 0.15) is 60.0 Å². The van der Waals surface area contributed by atoms with Crippen molar-refractivity contribution in [2.24, 2.45) is 5.92 Å². The summed E-state index contributed by atoms with van der Waals surface area (Å²) < 4.78 is 19.3. The number of amides is 1. The Balaban J connectivity index is 1.17.